The molecule has 2 aromatic heterocycles. The maximum absolute atomic E-state index is 11.9. The third kappa shape index (κ3) is 4.49. The van der Waals surface area contributed by atoms with E-state index in [1.54, 1.807) is 11.3 Å². The van der Waals surface area contributed by atoms with Gasteiger partial charge in [-0.15, -0.1) is 10.2 Å². The third-order valence-corrected chi connectivity index (χ3v) is 4.36. The zero-order valence-electron chi connectivity index (χ0n) is 12.2. The number of thiophene rings is 1. The van der Waals surface area contributed by atoms with E-state index in [9.17, 15) is 4.79 Å². The number of nitrogens with one attached hydrogen (secondary N) is 1. The van der Waals surface area contributed by atoms with Crippen molar-refractivity contribution >= 4 is 33.2 Å². The molecule has 3 rings (SSSR count). The molecule has 0 aliphatic heterocycles. The summed E-state index contributed by atoms with van der Waals surface area (Å²) < 4.78 is 6.55. The summed E-state index contributed by atoms with van der Waals surface area (Å²) in [6, 6.07) is 9.76. The normalized spacial score (nSPS) is 10.7. The Hall–Kier alpha value is -1.99. The Balaban J connectivity index is 1.47. The van der Waals surface area contributed by atoms with Gasteiger partial charge in [0.25, 0.3) is 0 Å². The highest BCUT2D eigenvalue weighted by Gasteiger charge is 2.10. The zero-order chi connectivity index (χ0) is 16.1. The van der Waals surface area contributed by atoms with Crippen molar-refractivity contribution in [3.63, 3.8) is 0 Å². The van der Waals surface area contributed by atoms with Crippen LogP contribution in [0, 0.1) is 0 Å². The molecule has 0 saturated heterocycles. The summed E-state index contributed by atoms with van der Waals surface area (Å²) in [4.78, 5) is 11.9. The van der Waals surface area contributed by atoms with Crippen molar-refractivity contribution in [1.82, 2.24) is 15.5 Å². The second kappa shape index (κ2) is 7.52. The highest BCUT2D eigenvalue weighted by atomic mass is 79.9. The molecule has 0 fully saturated rings. The van der Waals surface area contributed by atoms with Gasteiger partial charge in [-0.3, -0.25) is 4.79 Å². The van der Waals surface area contributed by atoms with Crippen LogP contribution in [0.15, 0.2) is 50.0 Å². The summed E-state index contributed by atoms with van der Waals surface area (Å²) in [5, 5.41) is 14.8. The van der Waals surface area contributed by atoms with E-state index in [0.29, 0.717) is 31.2 Å². The molecular weight excluding hydrogens is 378 g/mol. The number of aromatic nitrogens is 2. The van der Waals surface area contributed by atoms with Crippen molar-refractivity contribution in [2.75, 3.05) is 0 Å². The fourth-order valence-electron chi connectivity index (χ4n) is 2.01. The van der Waals surface area contributed by atoms with E-state index in [1.165, 1.54) is 0 Å². The van der Waals surface area contributed by atoms with Crippen molar-refractivity contribution in [3.8, 4) is 11.5 Å². The van der Waals surface area contributed by atoms with Gasteiger partial charge in [0.05, 0.1) is 0 Å². The lowest BCUT2D eigenvalue weighted by molar-refractivity contribution is -0.121. The number of hydrogen-bond donors (Lipinski definition) is 1. The Morgan fingerprint density at radius 1 is 1.30 bits per heavy atom. The summed E-state index contributed by atoms with van der Waals surface area (Å²) in [5.74, 6) is 0.930. The predicted octanol–water partition coefficient (Wildman–Crippen LogP) is 3.81. The molecule has 23 heavy (non-hydrogen) atoms. The summed E-state index contributed by atoms with van der Waals surface area (Å²) >= 11 is 4.98. The molecule has 0 spiro atoms. The SMILES string of the molecule is O=C(CCc1nnc(-c2ccsc2)o1)NCc1cccc(Br)c1. The van der Waals surface area contributed by atoms with Gasteiger partial charge in [0, 0.05) is 34.8 Å². The summed E-state index contributed by atoms with van der Waals surface area (Å²) in [6.07, 6.45) is 0.751. The number of carbonyl (C=O) groups excluding carboxylic acids is 1. The minimum Gasteiger partial charge on any atom is -0.421 e. The van der Waals surface area contributed by atoms with Crippen LogP contribution in [0.1, 0.15) is 17.9 Å². The van der Waals surface area contributed by atoms with E-state index in [2.05, 4.69) is 31.4 Å². The Bertz CT molecular complexity index is 786. The van der Waals surface area contributed by atoms with Gasteiger partial charge < -0.3 is 9.73 Å². The second-order valence-electron chi connectivity index (χ2n) is 4.92. The number of carbonyl (C=O) groups is 1. The largest absolute Gasteiger partial charge is 0.421 e. The van der Waals surface area contributed by atoms with Crippen molar-refractivity contribution < 1.29 is 9.21 Å². The van der Waals surface area contributed by atoms with Crippen LogP contribution >= 0.6 is 27.3 Å². The van der Waals surface area contributed by atoms with Gasteiger partial charge in [-0.2, -0.15) is 11.3 Å². The molecule has 0 saturated carbocycles. The second-order valence-corrected chi connectivity index (χ2v) is 6.62. The smallest absolute Gasteiger partial charge is 0.248 e. The average molecular weight is 392 g/mol. The van der Waals surface area contributed by atoms with E-state index in [-0.39, 0.29) is 5.91 Å². The molecule has 5 nitrogen and oxygen atoms in total. The molecule has 0 unspecified atom stereocenters. The highest BCUT2D eigenvalue weighted by molar-refractivity contribution is 9.10. The predicted molar refractivity (Wildman–Crippen MR) is 91.9 cm³/mol. The number of amides is 1. The number of benzene rings is 1. The first-order valence-electron chi connectivity index (χ1n) is 7.07. The topological polar surface area (TPSA) is 68.0 Å². The van der Waals surface area contributed by atoms with Crippen LogP contribution < -0.4 is 5.32 Å². The van der Waals surface area contributed by atoms with Gasteiger partial charge in [0.15, 0.2) is 0 Å². The van der Waals surface area contributed by atoms with Gasteiger partial charge >= 0.3 is 0 Å². The first kappa shape index (κ1) is 15.9. The van der Waals surface area contributed by atoms with Gasteiger partial charge in [0.2, 0.25) is 17.7 Å². The molecule has 1 amide bonds. The lowest BCUT2D eigenvalue weighted by atomic mass is 10.2. The Labute approximate surface area is 145 Å². The van der Waals surface area contributed by atoms with E-state index >= 15 is 0 Å². The monoisotopic (exact) mass is 391 g/mol. The van der Waals surface area contributed by atoms with E-state index in [1.807, 2.05) is 41.1 Å². The van der Waals surface area contributed by atoms with Gasteiger partial charge in [-0.25, -0.2) is 0 Å². The van der Waals surface area contributed by atoms with Crippen LogP contribution in [0.3, 0.4) is 0 Å². The number of nitrogens with zero attached hydrogens (tertiary/aromatic N) is 2. The molecule has 3 aromatic rings. The van der Waals surface area contributed by atoms with Crippen molar-refractivity contribution in [1.29, 1.82) is 0 Å². The number of hydrogen-bond acceptors (Lipinski definition) is 5. The fraction of sp³-hybridized carbons (Fsp3) is 0.188. The number of aryl methyl sites for hydroxylation is 1. The van der Waals surface area contributed by atoms with Crippen LogP contribution in [0.4, 0.5) is 0 Å². The van der Waals surface area contributed by atoms with E-state index in [0.717, 1.165) is 15.6 Å². The molecule has 0 aliphatic carbocycles. The summed E-state index contributed by atoms with van der Waals surface area (Å²) in [7, 11) is 0. The molecule has 0 aliphatic rings. The minimum absolute atomic E-state index is 0.0414. The molecule has 7 heteroatoms. The third-order valence-electron chi connectivity index (χ3n) is 3.18. The van der Waals surface area contributed by atoms with Crippen LogP contribution in [0.5, 0.6) is 0 Å². The van der Waals surface area contributed by atoms with Crippen LogP contribution in [-0.2, 0) is 17.8 Å². The molecule has 1 N–H and O–H groups in total. The van der Waals surface area contributed by atoms with Gasteiger partial charge in [0.1, 0.15) is 0 Å². The molecule has 0 bridgehead atoms. The van der Waals surface area contributed by atoms with Crippen LogP contribution in [-0.4, -0.2) is 16.1 Å². The lowest BCUT2D eigenvalue weighted by Crippen LogP contribution is -2.23. The lowest BCUT2D eigenvalue weighted by Gasteiger charge is -2.04. The first-order valence-corrected chi connectivity index (χ1v) is 8.80. The van der Waals surface area contributed by atoms with Gasteiger partial charge in [-0.05, 0) is 29.1 Å². The van der Waals surface area contributed by atoms with E-state index in [4.69, 9.17) is 4.42 Å². The quantitative estimate of drug-likeness (QED) is 0.693. The maximum Gasteiger partial charge on any atom is 0.248 e. The minimum atomic E-state index is -0.0414. The van der Waals surface area contributed by atoms with Crippen molar-refractivity contribution in [2.24, 2.45) is 0 Å². The highest BCUT2D eigenvalue weighted by Crippen LogP contribution is 2.20. The molecule has 1 aromatic carbocycles. The molecule has 2 heterocycles. The molecule has 0 radical (unpaired) electrons. The van der Waals surface area contributed by atoms with E-state index < -0.39 is 0 Å². The first-order chi connectivity index (χ1) is 11.2. The molecule has 0 atom stereocenters. The van der Waals surface area contributed by atoms with Gasteiger partial charge in [-0.1, -0.05) is 28.1 Å². The number of halogens is 1. The van der Waals surface area contributed by atoms with Crippen LogP contribution in [0.2, 0.25) is 0 Å². The Morgan fingerprint density at radius 2 is 2.22 bits per heavy atom. The zero-order valence-corrected chi connectivity index (χ0v) is 14.6. The Kier molecular flexibility index (Phi) is 5.19. The molecule has 118 valence electrons. The maximum atomic E-state index is 11.9. The van der Waals surface area contributed by atoms with Crippen LogP contribution in [0.25, 0.3) is 11.5 Å². The van der Waals surface area contributed by atoms with Crippen molar-refractivity contribution in [3.05, 3.63) is 57.0 Å². The standard InChI is InChI=1S/C16H14BrN3O2S/c17-13-3-1-2-11(8-13)9-18-14(21)4-5-15-19-20-16(22-15)12-6-7-23-10-12/h1-3,6-8,10H,4-5,9H2,(H,18,21). The summed E-state index contributed by atoms with van der Waals surface area (Å²) in [5.41, 5.74) is 1.96. The average Bonchev–Trinajstić information content (AvgIpc) is 3.22. The van der Waals surface area contributed by atoms with Crippen molar-refractivity contribution in [2.45, 2.75) is 19.4 Å². The Morgan fingerprint density at radius 3 is 3.00 bits per heavy atom. The summed E-state index contributed by atoms with van der Waals surface area (Å²) in [6.45, 7) is 0.502. The molecular formula is C16H14BrN3O2S. The number of rotatable bonds is 6. The fourth-order valence-corrected chi connectivity index (χ4v) is 3.09.